The maximum Gasteiger partial charge on any atom is 0.416 e. The molecule has 150 valence electrons. The van der Waals surface area contributed by atoms with Gasteiger partial charge in [-0.3, -0.25) is 4.98 Å². The van der Waals surface area contributed by atoms with Crippen LogP contribution in [0.2, 0.25) is 0 Å². The molecule has 0 aliphatic rings. The normalized spacial score (nSPS) is 11.9. The number of nitrogens with two attached hydrogens (primary N) is 1. The lowest BCUT2D eigenvalue weighted by Gasteiger charge is -2.08. The molecule has 2 N–H and O–H groups in total. The van der Waals surface area contributed by atoms with Gasteiger partial charge in [0.2, 0.25) is 0 Å². The zero-order valence-electron chi connectivity index (χ0n) is 15.3. The number of hydrogen-bond donors (Lipinski definition) is 1. The Kier molecular flexibility index (Phi) is 6.33. The second-order valence-corrected chi connectivity index (χ2v) is 6.12. The van der Waals surface area contributed by atoms with Crippen molar-refractivity contribution in [2.45, 2.75) is 19.4 Å². The minimum absolute atomic E-state index is 0.00510. The summed E-state index contributed by atoms with van der Waals surface area (Å²) in [5.74, 6) is 0.812. The molecule has 0 bridgehead atoms. The van der Waals surface area contributed by atoms with Crippen LogP contribution in [-0.2, 0) is 24.2 Å². The molecule has 8 heteroatoms. The first-order valence-electron chi connectivity index (χ1n) is 8.65. The highest BCUT2D eigenvalue weighted by molar-refractivity contribution is 5.97. The smallest absolute Gasteiger partial charge is 0.416 e. The minimum Gasteiger partial charge on any atom is -0.489 e. The van der Waals surface area contributed by atoms with Crippen LogP contribution in [0.5, 0.6) is 5.75 Å². The molecule has 0 saturated heterocycles. The van der Waals surface area contributed by atoms with Crippen molar-refractivity contribution in [3.05, 3.63) is 95.3 Å². The molecule has 0 atom stereocenters. The van der Waals surface area contributed by atoms with Gasteiger partial charge in [0, 0.05) is 23.5 Å². The Bertz CT molecular complexity index is 942. The van der Waals surface area contributed by atoms with E-state index in [1.165, 1.54) is 12.1 Å². The zero-order valence-corrected chi connectivity index (χ0v) is 15.3. The van der Waals surface area contributed by atoms with E-state index >= 15 is 0 Å². The van der Waals surface area contributed by atoms with Gasteiger partial charge in [-0.25, -0.2) is 0 Å². The summed E-state index contributed by atoms with van der Waals surface area (Å²) in [5.41, 5.74) is 7.30. The Hall–Kier alpha value is -3.55. The van der Waals surface area contributed by atoms with E-state index in [0.717, 1.165) is 17.7 Å². The second kappa shape index (κ2) is 9.09. The molecule has 1 aromatic heterocycles. The Morgan fingerprint density at radius 3 is 2.28 bits per heavy atom. The Labute approximate surface area is 165 Å². The molecular formula is C21H18F3N3O2. The molecule has 0 fully saturated rings. The molecule has 3 aromatic rings. The fourth-order valence-electron chi connectivity index (χ4n) is 2.39. The highest BCUT2D eigenvalue weighted by Gasteiger charge is 2.29. The molecule has 1 heterocycles. The number of oxime groups is 1. The second-order valence-electron chi connectivity index (χ2n) is 6.12. The highest BCUT2D eigenvalue weighted by atomic mass is 19.4. The first-order valence-corrected chi connectivity index (χ1v) is 8.65. The minimum atomic E-state index is -4.37. The van der Waals surface area contributed by atoms with E-state index in [9.17, 15) is 13.2 Å². The van der Waals surface area contributed by atoms with Crippen molar-refractivity contribution in [3.63, 3.8) is 0 Å². The van der Waals surface area contributed by atoms with E-state index in [2.05, 4.69) is 10.1 Å². The predicted molar refractivity (Wildman–Crippen MR) is 102 cm³/mol. The molecule has 2 aromatic carbocycles. The predicted octanol–water partition coefficient (Wildman–Crippen LogP) is 4.52. The monoisotopic (exact) mass is 401 g/mol. The van der Waals surface area contributed by atoms with Gasteiger partial charge in [-0.15, -0.1) is 0 Å². The van der Waals surface area contributed by atoms with Crippen LogP contribution in [0, 0.1) is 0 Å². The molecule has 0 spiro atoms. The molecule has 5 nitrogen and oxygen atoms in total. The average Bonchev–Trinajstić information content (AvgIpc) is 2.73. The van der Waals surface area contributed by atoms with Crippen LogP contribution in [0.15, 0.2) is 78.2 Å². The maximum atomic E-state index is 12.5. The van der Waals surface area contributed by atoms with Crippen LogP contribution in [0.3, 0.4) is 0 Å². The number of nitrogens with zero attached hydrogens (tertiary/aromatic N) is 2. The largest absolute Gasteiger partial charge is 0.489 e. The number of aromatic nitrogens is 1. The van der Waals surface area contributed by atoms with E-state index in [-0.39, 0.29) is 12.4 Å². The summed E-state index contributed by atoms with van der Waals surface area (Å²) in [6.07, 6.45) is -0.942. The van der Waals surface area contributed by atoms with Gasteiger partial charge < -0.3 is 15.3 Å². The van der Waals surface area contributed by atoms with Crippen LogP contribution in [0.25, 0.3) is 0 Å². The Morgan fingerprint density at radius 1 is 0.931 bits per heavy atom. The molecule has 3 rings (SSSR count). The van der Waals surface area contributed by atoms with Gasteiger partial charge in [0.25, 0.3) is 0 Å². The number of ether oxygens (including phenoxy) is 1. The van der Waals surface area contributed by atoms with Crippen molar-refractivity contribution in [2.75, 3.05) is 0 Å². The van der Waals surface area contributed by atoms with E-state index < -0.39 is 11.7 Å². The Balaban J connectivity index is 1.51. The van der Waals surface area contributed by atoms with Crippen molar-refractivity contribution in [1.82, 2.24) is 4.98 Å². The maximum absolute atomic E-state index is 12.5. The van der Waals surface area contributed by atoms with Crippen molar-refractivity contribution in [2.24, 2.45) is 10.9 Å². The van der Waals surface area contributed by atoms with Gasteiger partial charge in [0.05, 0.1) is 5.56 Å². The first kappa shape index (κ1) is 20.2. The molecular weight excluding hydrogens is 383 g/mol. The molecule has 0 radical (unpaired) electrons. The zero-order chi connectivity index (χ0) is 20.7. The van der Waals surface area contributed by atoms with Crippen LogP contribution in [-0.4, -0.2) is 10.8 Å². The van der Waals surface area contributed by atoms with E-state index in [0.29, 0.717) is 23.5 Å². The summed E-state index contributed by atoms with van der Waals surface area (Å²) in [7, 11) is 0. The first-order chi connectivity index (χ1) is 13.9. The van der Waals surface area contributed by atoms with Gasteiger partial charge in [0.1, 0.15) is 19.0 Å². The van der Waals surface area contributed by atoms with Gasteiger partial charge in [0.15, 0.2) is 5.84 Å². The number of halogens is 3. The number of alkyl halides is 3. The van der Waals surface area contributed by atoms with E-state index in [4.69, 9.17) is 15.3 Å². The molecule has 0 aliphatic carbocycles. The molecule has 0 unspecified atom stereocenters. The summed E-state index contributed by atoms with van der Waals surface area (Å²) in [6, 6.07) is 15.4. The number of rotatable bonds is 7. The van der Waals surface area contributed by atoms with Crippen molar-refractivity contribution >= 4 is 5.84 Å². The van der Waals surface area contributed by atoms with Gasteiger partial charge >= 0.3 is 6.18 Å². The highest BCUT2D eigenvalue weighted by Crippen LogP contribution is 2.29. The third-order valence-electron chi connectivity index (χ3n) is 3.95. The molecule has 0 amide bonds. The van der Waals surface area contributed by atoms with Gasteiger partial charge in [-0.2, -0.15) is 13.2 Å². The third kappa shape index (κ3) is 5.97. The molecule has 0 saturated carbocycles. The number of pyridine rings is 1. The third-order valence-corrected chi connectivity index (χ3v) is 3.95. The van der Waals surface area contributed by atoms with Crippen molar-refractivity contribution < 1.29 is 22.7 Å². The summed E-state index contributed by atoms with van der Waals surface area (Å²) in [5, 5.41) is 3.81. The SMILES string of the molecule is NC(=NOCc1ccc(C(F)(F)F)cc1)c1ccc(OCc2cccnc2)cc1. The number of benzene rings is 2. The lowest BCUT2D eigenvalue weighted by atomic mass is 10.1. The topological polar surface area (TPSA) is 69.7 Å². The van der Waals surface area contributed by atoms with Crippen LogP contribution in [0.1, 0.15) is 22.3 Å². The van der Waals surface area contributed by atoms with Crippen LogP contribution < -0.4 is 10.5 Å². The summed E-state index contributed by atoms with van der Waals surface area (Å²) in [4.78, 5) is 9.16. The molecule has 0 aliphatic heterocycles. The summed E-state index contributed by atoms with van der Waals surface area (Å²) >= 11 is 0. The summed E-state index contributed by atoms with van der Waals surface area (Å²) < 4.78 is 43.3. The van der Waals surface area contributed by atoms with E-state index in [1.54, 1.807) is 36.7 Å². The lowest BCUT2D eigenvalue weighted by Crippen LogP contribution is -2.13. The Morgan fingerprint density at radius 2 is 1.66 bits per heavy atom. The fourth-order valence-corrected chi connectivity index (χ4v) is 2.39. The van der Waals surface area contributed by atoms with Crippen molar-refractivity contribution in [3.8, 4) is 5.75 Å². The van der Waals surface area contributed by atoms with Crippen molar-refractivity contribution in [1.29, 1.82) is 0 Å². The van der Waals surface area contributed by atoms with Crippen LogP contribution >= 0.6 is 0 Å². The fraction of sp³-hybridized carbons (Fsp3) is 0.143. The lowest BCUT2D eigenvalue weighted by molar-refractivity contribution is -0.137. The quantitative estimate of drug-likeness (QED) is 0.359. The van der Waals surface area contributed by atoms with Gasteiger partial charge in [-0.1, -0.05) is 23.4 Å². The van der Waals surface area contributed by atoms with E-state index in [1.807, 2.05) is 12.1 Å². The summed E-state index contributed by atoms with van der Waals surface area (Å²) in [6.45, 7) is 0.401. The number of hydrogen-bond acceptors (Lipinski definition) is 4. The van der Waals surface area contributed by atoms with Gasteiger partial charge in [-0.05, 0) is 48.0 Å². The average molecular weight is 401 g/mol. The number of amidine groups is 1. The molecule has 29 heavy (non-hydrogen) atoms. The standard InChI is InChI=1S/C21H18F3N3O2/c22-21(23,24)18-7-3-15(4-8-18)14-29-27-20(25)17-5-9-19(10-6-17)28-13-16-2-1-11-26-12-16/h1-12H,13-14H2,(H2,25,27). The van der Waals surface area contributed by atoms with Crippen LogP contribution in [0.4, 0.5) is 13.2 Å².